The van der Waals surface area contributed by atoms with Crippen molar-refractivity contribution in [1.29, 1.82) is 0 Å². The molecule has 0 radical (unpaired) electrons. The van der Waals surface area contributed by atoms with Gasteiger partial charge in [0.05, 0.1) is 19.7 Å². The van der Waals surface area contributed by atoms with E-state index in [0.717, 1.165) is 0 Å². The predicted molar refractivity (Wildman–Crippen MR) is 94.0 cm³/mol. The summed E-state index contributed by atoms with van der Waals surface area (Å²) in [6.07, 6.45) is 0. The fourth-order valence-corrected chi connectivity index (χ4v) is 2.50. The van der Waals surface area contributed by atoms with Crippen LogP contribution in [0.2, 0.25) is 0 Å². The minimum Gasteiger partial charge on any atom is -0.497 e. The molecule has 0 saturated heterocycles. The minimum atomic E-state index is -1.08. The van der Waals surface area contributed by atoms with Crippen LogP contribution >= 0.6 is 0 Å². The summed E-state index contributed by atoms with van der Waals surface area (Å²) in [4.78, 5) is 30.3. The molecule has 3 aromatic rings. The number of benzene rings is 2. The van der Waals surface area contributed by atoms with Crippen molar-refractivity contribution in [2.24, 2.45) is 0 Å². The van der Waals surface area contributed by atoms with Crippen LogP contribution in [0.4, 0.5) is 0 Å². The largest absolute Gasteiger partial charge is 0.497 e. The number of hydrogen-bond donors (Lipinski definition) is 2. The SMILES string of the molecule is COc1cc(OC)c2c(=O)[nH]c(-c3cccc(OCC(=O)O)c3)nc2c1. The second-order valence-corrected chi connectivity index (χ2v) is 5.35. The molecule has 0 unspecified atom stereocenters. The van der Waals surface area contributed by atoms with E-state index in [9.17, 15) is 9.59 Å². The van der Waals surface area contributed by atoms with E-state index < -0.39 is 12.6 Å². The van der Waals surface area contributed by atoms with E-state index in [1.165, 1.54) is 14.2 Å². The van der Waals surface area contributed by atoms with Gasteiger partial charge in [-0.3, -0.25) is 4.79 Å². The van der Waals surface area contributed by atoms with Crippen molar-refractivity contribution in [3.8, 4) is 28.6 Å². The van der Waals surface area contributed by atoms with E-state index in [0.29, 0.717) is 39.5 Å². The third-order valence-corrected chi connectivity index (χ3v) is 3.67. The average Bonchev–Trinajstić information content (AvgIpc) is 2.65. The van der Waals surface area contributed by atoms with E-state index in [1.54, 1.807) is 36.4 Å². The molecular weight excluding hydrogens is 340 g/mol. The fourth-order valence-electron chi connectivity index (χ4n) is 2.50. The first-order valence-corrected chi connectivity index (χ1v) is 7.63. The van der Waals surface area contributed by atoms with Gasteiger partial charge in [-0.05, 0) is 12.1 Å². The van der Waals surface area contributed by atoms with Gasteiger partial charge in [0.25, 0.3) is 5.56 Å². The van der Waals surface area contributed by atoms with Gasteiger partial charge in [-0.2, -0.15) is 0 Å². The molecule has 0 amide bonds. The quantitative estimate of drug-likeness (QED) is 0.695. The van der Waals surface area contributed by atoms with Crippen molar-refractivity contribution in [1.82, 2.24) is 9.97 Å². The molecule has 0 spiro atoms. The molecule has 134 valence electrons. The number of fused-ring (bicyclic) bond motifs is 1. The summed E-state index contributed by atoms with van der Waals surface area (Å²) in [6, 6.07) is 9.89. The summed E-state index contributed by atoms with van der Waals surface area (Å²) in [5.74, 6) is 0.469. The van der Waals surface area contributed by atoms with Gasteiger partial charge in [0.2, 0.25) is 0 Å². The Morgan fingerprint density at radius 3 is 2.65 bits per heavy atom. The van der Waals surface area contributed by atoms with Gasteiger partial charge < -0.3 is 24.3 Å². The number of carbonyl (C=O) groups is 1. The summed E-state index contributed by atoms with van der Waals surface area (Å²) in [7, 11) is 2.97. The van der Waals surface area contributed by atoms with Gasteiger partial charge >= 0.3 is 5.97 Å². The van der Waals surface area contributed by atoms with Gasteiger partial charge in [-0.1, -0.05) is 12.1 Å². The Morgan fingerprint density at radius 1 is 1.15 bits per heavy atom. The van der Waals surface area contributed by atoms with Crippen molar-refractivity contribution in [3.63, 3.8) is 0 Å². The van der Waals surface area contributed by atoms with Crippen LogP contribution in [0.25, 0.3) is 22.3 Å². The van der Waals surface area contributed by atoms with Gasteiger partial charge in [0.1, 0.15) is 28.5 Å². The summed E-state index contributed by atoms with van der Waals surface area (Å²) < 4.78 is 15.6. The normalized spacial score (nSPS) is 10.5. The number of aromatic nitrogens is 2. The lowest BCUT2D eigenvalue weighted by molar-refractivity contribution is -0.139. The van der Waals surface area contributed by atoms with Gasteiger partial charge in [0, 0.05) is 17.7 Å². The first-order chi connectivity index (χ1) is 12.5. The molecule has 3 rings (SSSR count). The van der Waals surface area contributed by atoms with Crippen molar-refractivity contribution in [2.75, 3.05) is 20.8 Å². The van der Waals surface area contributed by atoms with Crippen molar-refractivity contribution in [2.45, 2.75) is 0 Å². The van der Waals surface area contributed by atoms with Crippen molar-refractivity contribution in [3.05, 3.63) is 46.8 Å². The molecule has 8 heteroatoms. The molecule has 1 aromatic heterocycles. The second kappa shape index (κ2) is 7.14. The number of rotatable bonds is 6. The number of nitrogens with zero attached hydrogens (tertiary/aromatic N) is 1. The van der Waals surface area contributed by atoms with Crippen LogP contribution in [-0.4, -0.2) is 41.9 Å². The van der Waals surface area contributed by atoms with Crippen LogP contribution in [-0.2, 0) is 4.79 Å². The summed E-state index contributed by atoms with van der Waals surface area (Å²) in [6.45, 7) is -0.459. The Labute approximate surface area is 148 Å². The zero-order valence-electron chi connectivity index (χ0n) is 14.1. The summed E-state index contributed by atoms with van der Waals surface area (Å²) >= 11 is 0. The highest BCUT2D eigenvalue weighted by Gasteiger charge is 2.13. The number of carboxylic acids is 1. The molecule has 0 fully saturated rings. The highest BCUT2D eigenvalue weighted by molar-refractivity contribution is 5.87. The Bertz CT molecular complexity index is 1030. The first kappa shape index (κ1) is 17.3. The van der Waals surface area contributed by atoms with Crippen LogP contribution < -0.4 is 19.8 Å². The molecule has 2 aromatic carbocycles. The van der Waals surface area contributed by atoms with E-state index >= 15 is 0 Å². The molecule has 0 aliphatic rings. The average molecular weight is 356 g/mol. The second-order valence-electron chi connectivity index (χ2n) is 5.35. The first-order valence-electron chi connectivity index (χ1n) is 7.63. The van der Waals surface area contributed by atoms with Crippen molar-refractivity contribution < 1.29 is 24.1 Å². The van der Waals surface area contributed by atoms with Gasteiger partial charge in [-0.25, -0.2) is 9.78 Å². The number of H-pyrrole nitrogens is 1. The fraction of sp³-hybridized carbons (Fsp3) is 0.167. The van der Waals surface area contributed by atoms with Crippen molar-refractivity contribution >= 4 is 16.9 Å². The number of hydrogen-bond acceptors (Lipinski definition) is 6. The number of aliphatic carboxylic acids is 1. The third-order valence-electron chi connectivity index (χ3n) is 3.67. The Balaban J connectivity index is 2.10. The van der Waals surface area contributed by atoms with E-state index in [-0.39, 0.29) is 5.56 Å². The van der Waals surface area contributed by atoms with E-state index in [2.05, 4.69) is 9.97 Å². The van der Waals surface area contributed by atoms with Gasteiger partial charge in [0.15, 0.2) is 6.61 Å². The number of methoxy groups -OCH3 is 2. The molecule has 0 aliphatic carbocycles. The minimum absolute atomic E-state index is 0.315. The number of aromatic amines is 1. The molecule has 8 nitrogen and oxygen atoms in total. The molecule has 0 bridgehead atoms. The smallest absolute Gasteiger partial charge is 0.341 e. The Morgan fingerprint density at radius 2 is 1.96 bits per heavy atom. The lowest BCUT2D eigenvalue weighted by atomic mass is 10.1. The van der Waals surface area contributed by atoms with Gasteiger partial charge in [-0.15, -0.1) is 0 Å². The monoisotopic (exact) mass is 356 g/mol. The standard InChI is InChI=1S/C18H16N2O6/c1-24-12-7-13-16(14(8-12)25-2)18(23)20-17(19-13)10-4-3-5-11(6-10)26-9-15(21)22/h3-8H,9H2,1-2H3,(H,21,22)(H,19,20,23). The van der Waals surface area contributed by atoms with Crippen LogP contribution in [0.15, 0.2) is 41.2 Å². The zero-order valence-corrected chi connectivity index (χ0v) is 14.1. The maximum atomic E-state index is 12.5. The Kier molecular flexibility index (Phi) is 4.74. The molecule has 26 heavy (non-hydrogen) atoms. The number of nitrogens with one attached hydrogen (secondary N) is 1. The number of ether oxygens (including phenoxy) is 3. The van der Waals surface area contributed by atoms with Crippen LogP contribution in [0.3, 0.4) is 0 Å². The molecule has 2 N–H and O–H groups in total. The number of carboxylic acid groups (broad SMARTS) is 1. The molecule has 1 heterocycles. The van der Waals surface area contributed by atoms with E-state index in [4.69, 9.17) is 19.3 Å². The predicted octanol–water partition coefficient (Wildman–Crippen LogP) is 2.07. The molecule has 0 aliphatic heterocycles. The third kappa shape index (κ3) is 3.44. The van der Waals surface area contributed by atoms with Crippen LogP contribution in [0, 0.1) is 0 Å². The maximum Gasteiger partial charge on any atom is 0.341 e. The summed E-state index contributed by atoms with van der Waals surface area (Å²) in [5.41, 5.74) is 0.631. The van der Waals surface area contributed by atoms with Crippen LogP contribution in [0.5, 0.6) is 17.2 Å². The van der Waals surface area contributed by atoms with E-state index in [1.807, 2.05) is 0 Å². The molecule has 0 atom stereocenters. The Hall–Kier alpha value is -3.55. The maximum absolute atomic E-state index is 12.5. The highest BCUT2D eigenvalue weighted by Crippen LogP contribution is 2.29. The van der Waals surface area contributed by atoms with Crippen LogP contribution in [0.1, 0.15) is 0 Å². The molecule has 0 saturated carbocycles. The zero-order chi connectivity index (χ0) is 18.7. The summed E-state index contributed by atoms with van der Waals surface area (Å²) in [5, 5.41) is 9.02. The lowest BCUT2D eigenvalue weighted by Crippen LogP contribution is -2.11. The topological polar surface area (TPSA) is 111 Å². The highest BCUT2D eigenvalue weighted by atomic mass is 16.5. The molecular formula is C18H16N2O6. The lowest BCUT2D eigenvalue weighted by Gasteiger charge is -2.10.